The lowest BCUT2D eigenvalue weighted by molar-refractivity contribution is 0.0940. The van der Waals surface area contributed by atoms with Gasteiger partial charge < -0.3 is 25.8 Å². The van der Waals surface area contributed by atoms with E-state index < -0.39 is 0 Å². The standard InChI is InChI=1S/C34H30N4O4/c35-14-5-16-41-31-20-26-8-3-1-6-24(26)18-29(31)33(39)37-15-17-42-32-21-27-9-4-2-7-25(27)19-30(32)34(40)38-28-12-10-23(22-36)11-13-28/h1-4,6-13,18-21H,5,14-17,35H2,(H,37,39)(H,38,40). The molecule has 0 spiro atoms. The van der Waals surface area contributed by atoms with Crippen molar-refractivity contribution in [1.29, 1.82) is 5.26 Å². The second-order valence-corrected chi connectivity index (χ2v) is 9.63. The molecule has 5 aromatic rings. The Morgan fingerprint density at radius 2 is 1.24 bits per heavy atom. The molecule has 2 amide bonds. The molecule has 210 valence electrons. The summed E-state index contributed by atoms with van der Waals surface area (Å²) in [6.07, 6.45) is 0.675. The van der Waals surface area contributed by atoms with Crippen molar-refractivity contribution in [2.45, 2.75) is 6.42 Å². The molecular formula is C34H30N4O4. The van der Waals surface area contributed by atoms with Crippen molar-refractivity contribution in [3.63, 3.8) is 0 Å². The van der Waals surface area contributed by atoms with Crippen molar-refractivity contribution in [2.75, 3.05) is 31.6 Å². The number of nitrogens with zero attached hydrogens (tertiary/aromatic N) is 1. The fourth-order valence-electron chi connectivity index (χ4n) is 4.55. The number of nitrogens with one attached hydrogen (secondary N) is 2. The highest BCUT2D eigenvalue weighted by Crippen LogP contribution is 2.28. The van der Waals surface area contributed by atoms with Gasteiger partial charge in [0.1, 0.15) is 18.1 Å². The van der Waals surface area contributed by atoms with Crippen LogP contribution in [0.25, 0.3) is 21.5 Å². The van der Waals surface area contributed by atoms with Crippen LogP contribution in [0.2, 0.25) is 0 Å². The van der Waals surface area contributed by atoms with Crippen molar-refractivity contribution in [3.05, 3.63) is 114 Å². The SMILES string of the molecule is N#Cc1ccc(NC(=O)c2cc3ccccc3cc2OCCNC(=O)c2cc3ccccc3cc2OCCCN)cc1. The smallest absolute Gasteiger partial charge is 0.259 e. The maximum absolute atomic E-state index is 13.3. The summed E-state index contributed by atoms with van der Waals surface area (Å²) in [7, 11) is 0. The fourth-order valence-corrected chi connectivity index (χ4v) is 4.55. The largest absolute Gasteiger partial charge is 0.493 e. The molecule has 0 heterocycles. The van der Waals surface area contributed by atoms with Gasteiger partial charge >= 0.3 is 0 Å². The van der Waals surface area contributed by atoms with Gasteiger partial charge in [0.15, 0.2) is 0 Å². The molecule has 0 atom stereocenters. The van der Waals surface area contributed by atoms with Crippen LogP contribution in [-0.2, 0) is 0 Å². The van der Waals surface area contributed by atoms with Crippen LogP contribution in [0.4, 0.5) is 5.69 Å². The van der Waals surface area contributed by atoms with E-state index in [1.54, 1.807) is 30.3 Å². The summed E-state index contributed by atoms with van der Waals surface area (Å²) in [4.78, 5) is 26.5. The van der Waals surface area contributed by atoms with E-state index in [2.05, 4.69) is 16.7 Å². The molecule has 0 aliphatic heterocycles. The predicted octanol–water partition coefficient (Wildman–Crippen LogP) is 5.65. The molecule has 8 heteroatoms. The van der Waals surface area contributed by atoms with E-state index in [1.807, 2.05) is 66.7 Å². The summed E-state index contributed by atoms with van der Waals surface area (Å²) in [6, 6.07) is 31.4. The van der Waals surface area contributed by atoms with Crippen LogP contribution in [0.5, 0.6) is 11.5 Å². The number of benzene rings is 5. The Kier molecular flexibility index (Phi) is 8.92. The van der Waals surface area contributed by atoms with E-state index in [0.717, 1.165) is 21.5 Å². The number of nitriles is 1. The molecule has 0 saturated heterocycles. The number of hydrogen-bond acceptors (Lipinski definition) is 6. The molecular weight excluding hydrogens is 528 g/mol. The van der Waals surface area contributed by atoms with Crippen LogP contribution in [-0.4, -0.2) is 38.1 Å². The number of hydrogen-bond donors (Lipinski definition) is 3. The van der Waals surface area contributed by atoms with Crippen molar-refractivity contribution in [1.82, 2.24) is 5.32 Å². The molecule has 0 unspecified atom stereocenters. The summed E-state index contributed by atoms with van der Waals surface area (Å²) in [6.45, 7) is 1.25. The van der Waals surface area contributed by atoms with Crippen LogP contribution in [0.3, 0.4) is 0 Å². The third-order valence-electron chi connectivity index (χ3n) is 6.71. The van der Waals surface area contributed by atoms with Gasteiger partial charge in [-0.25, -0.2) is 0 Å². The van der Waals surface area contributed by atoms with Crippen molar-refractivity contribution in [2.24, 2.45) is 5.73 Å². The normalized spacial score (nSPS) is 10.7. The van der Waals surface area contributed by atoms with Gasteiger partial charge in [-0.05, 0) is 83.0 Å². The minimum absolute atomic E-state index is 0.137. The highest BCUT2D eigenvalue weighted by Gasteiger charge is 2.17. The lowest BCUT2D eigenvalue weighted by Gasteiger charge is -2.15. The minimum Gasteiger partial charge on any atom is -0.493 e. The lowest BCUT2D eigenvalue weighted by atomic mass is 10.0. The number of carbonyl (C=O) groups excluding carboxylic acids is 2. The maximum atomic E-state index is 13.3. The molecule has 42 heavy (non-hydrogen) atoms. The molecule has 0 aliphatic rings. The average molecular weight is 559 g/mol. The van der Waals surface area contributed by atoms with Gasteiger partial charge in [0, 0.05) is 5.69 Å². The molecule has 4 N–H and O–H groups in total. The Balaban J connectivity index is 1.29. The lowest BCUT2D eigenvalue weighted by Crippen LogP contribution is -2.29. The number of fused-ring (bicyclic) bond motifs is 2. The Labute approximate surface area is 243 Å². The first-order valence-corrected chi connectivity index (χ1v) is 13.7. The zero-order chi connectivity index (χ0) is 29.3. The third-order valence-corrected chi connectivity index (χ3v) is 6.71. The third kappa shape index (κ3) is 6.66. The molecule has 0 saturated carbocycles. The van der Waals surface area contributed by atoms with E-state index >= 15 is 0 Å². The number of anilines is 1. The molecule has 0 aromatic heterocycles. The second kappa shape index (κ2) is 13.3. The topological polar surface area (TPSA) is 126 Å². The first-order chi connectivity index (χ1) is 20.6. The van der Waals surface area contributed by atoms with Crippen LogP contribution in [0.1, 0.15) is 32.7 Å². The predicted molar refractivity (Wildman–Crippen MR) is 164 cm³/mol. The van der Waals surface area contributed by atoms with E-state index in [4.69, 9.17) is 20.5 Å². The van der Waals surface area contributed by atoms with Crippen LogP contribution >= 0.6 is 0 Å². The summed E-state index contributed by atoms with van der Waals surface area (Å²) in [5, 5.41) is 18.5. The molecule has 0 fully saturated rings. The number of carbonyl (C=O) groups is 2. The Morgan fingerprint density at radius 1 is 0.714 bits per heavy atom. The van der Waals surface area contributed by atoms with Crippen molar-refractivity contribution < 1.29 is 19.1 Å². The highest BCUT2D eigenvalue weighted by molar-refractivity contribution is 6.08. The first kappa shape index (κ1) is 28.1. The molecule has 0 bridgehead atoms. The Morgan fingerprint density at radius 3 is 1.79 bits per heavy atom. The van der Waals surface area contributed by atoms with Gasteiger partial charge in [-0.15, -0.1) is 0 Å². The van der Waals surface area contributed by atoms with Crippen molar-refractivity contribution in [3.8, 4) is 17.6 Å². The van der Waals surface area contributed by atoms with E-state index in [1.165, 1.54) is 0 Å². The Hall–Kier alpha value is -5.39. The first-order valence-electron chi connectivity index (χ1n) is 13.7. The summed E-state index contributed by atoms with van der Waals surface area (Å²) in [5.41, 5.74) is 7.46. The highest BCUT2D eigenvalue weighted by atomic mass is 16.5. The van der Waals surface area contributed by atoms with Crippen LogP contribution < -0.4 is 25.8 Å². The molecule has 5 rings (SSSR count). The van der Waals surface area contributed by atoms with E-state index in [9.17, 15) is 9.59 Å². The number of nitrogens with two attached hydrogens (primary N) is 1. The molecule has 0 aliphatic carbocycles. The Bertz CT molecular complexity index is 1780. The van der Waals surface area contributed by atoms with Crippen LogP contribution in [0.15, 0.2) is 97.1 Å². The van der Waals surface area contributed by atoms with Gasteiger partial charge in [0.25, 0.3) is 11.8 Å². The van der Waals surface area contributed by atoms with Gasteiger partial charge in [0.2, 0.25) is 0 Å². The van der Waals surface area contributed by atoms with Gasteiger partial charge in [-0.2, -0.15) is 5.26 Å². The molecule has 5 aromatic carbocycles. The minimum atomic E-state index is -0.347. The van der Waals surface area contributed by atoms with Gasteiger partial charge in [-0.3, -0.25) is 9.59 Å². The summed E-state index contributed by atoms with van der Waals surface area (Å²) in [5.74, 6) is 0.256. The molecule has 8 nitrogen and oxygen atoms in total. The van der Waals surface area contributed by atoms with E-state index in [-0.39, 0.29) is 25.0 Å². The zero-order valence-electron chi connectivity index (χ0n) is 22.9. The van der Waals surface area contributed by atoms with Crippen LogP contribution in [0, 0.1) is 11.3 Å². The maximum Gasteiger partial charge on any atom is 0.259 e. The van der Waals surface area contributed by atoms with Crippen molar-refractivity contribution >= 4 is 39.0 Å². The monoisotopic (exact) mass is 558 g/mol. The summed E-state index contributed by atoms with van der Waals surface area (Å²) < 4.78 is 11.9. The van der Waals surface area contributed by atoms with E-state index in [0.29, 0.717) is 53.4 Å². The second-order valence-electron chi connectivity index (χ2n) is 9.63. The number of rotatable bonds is 11. The summed E-state index contributed by atoms with van der Waals surface area (Å²) >= 11 is 0. The number of ether oxygens (including phenoxy) is 2. The van der Waals surface area contributed by atoms with Gasteiger partial charge in [-0.1, -0.05) is 48.5 Å². The molecule has 0 radical (unpaired) electrons. The fraction of sp³-hybridized carbons (Fsp3) is 0.147. The quantitative estimate of drug-likeness (QED) is 0.180. The average Bonchev–Trinajstić information content (AvgIpc) is 3.02. The van der Waals surface area contributed by atoms with Gasteiger partial charge in [0.05, 0.1) is 35.9 Å². The zero-order valence-corrected chi connectivity index (χ0v) is 22.9. The number of amides is 2.